The maximum atomic E-state index is 11.4. The lowest BCUT2D eigenvalue weighted by atomic mass is 10.0. The third-order valence-corrected chi connectivity index (χ3v) is 3.42. The molecule has 0 amide bonds. The number of aliphatic carboxylic acids is 2. The third-order valence-electron chi connectivity index (χ3n) is 3.42. The first-order chi connectivity index (χ1) is 11.5. The standard InChI is InChI=1S/C20H28O4/c1-3-5-7-9-11-13-15-17(19(21)22)18(20(23)24)16-14-12-10-8-6-4-2/h3-4,11-14H,1-2,5-10,15-16H2,(H,21,22)(H,23,24)/b13-11+,14-12+,18-17-. The minimum Gasteiger partial charge on any atom is -0.478 e. The number of hydrogen-bond donors (Lipinski definition) is 2. The smallest absolute Gasteiger partial charge is 0.332 e. The highest BCUT2D eigenvalue weighted by atomic mass is 16.4. The van der Waals surface area contributed by atoms with Gasteiger partial charge in [0.2, 0.25) is 0 Å². The molecule has 4 heteroatoms. The molecular weight excluding hydrogens is 304 g/mol. The van der Waals surface area contributed by atoms with Crippen molar-refractivity contribution in [3.8, 4) is 0 Å². The summed E-state index contributed by atoms with van der Waals surface area (Å²) in [5, 5.41) is 18.6. The zero-order valence-electron chi connectivity index (χ0n) is 14.2. The van der Waals surface area contributed by atoms with E-state index in [0.717, 1.165) is 38.5 Å². The SMILES string of the molecule is C=CCCC/C=C/C/C(C(=O)O)=C(\C/C=C/CCCC=C)C(=O)O. The van der Waals surface area contributed by atoms with E-state index in [1.165, 1.54) is 0 Å². The van der Waals surface area contributed by atoms with Crippen molar-refractivity contribution in [2.24, 2.45) is 0 Å². The minimum atomic E-state index is -1.18. The van der Waals surface area contributed by atoms with Gasteiger partial charge in [0.05, 0.1) is 11.1 Å². The molecule has 24 heavy (non-hydrogen) atoms. The summed E-state index contributed by atoms with van der Waals surface area (Å²) in [7, 11) is 0. The van der Waals surface area contributed by atoms with E-state index in [2.05, 4.69) is 13.2 Å². The fourth-order valence-corrected chi connectivity index (χ4v) is 2.08. The van der Waals surface area contributed by atoms with E-state index in [-0.39, 0.29) is 24.0 Å². The molecule has 0 bridgehead atoms. The van der Waals surface area contributed by atoms with Crippen LogP contribution in [0.3, 0.4) is 0 Å². The van der Waals surface area contributed by atoms with Gasteiger partial charge in [0, 0.05) is 0 Å². The van der Waals surface area contributed by atoms with Crippen LogP contribution in [0.1, 0.15) is 51.4 Å². The predicted molar refractivity (Wildman–Crippen MR) is 97.9 cm³/mol. The number of hydrogen-bond acceptors (Lipinski definition) is 2. The number of unbranched alkanes of at least 4 members (excludes halogenated alkanes) is 4. The molecule has 2 N–H and O–H groups in total. The topological polar surface area (TPSA) is 74.6 Å². The molecule has 0 fully saturated rings. The van der Waals surface area contributed by atoms with Crippen LogP contribution in [-0.2, 0) is 9.59 Å². The van der Waals surface area contributed by atoms with Crippen LogP contribution in [0, 0.1) is 0 Å². The van der Waals surface area contributed by atoms with Gasteiger partial charge in [-0.15, -0.1) is 13.2 Å². The Morgan fingerprint density at radius 2 is 1.04 bits per heavy atom. The highest BCUT2D eigenvalue weighted by molar-refractivity contribution is 5.99. The van der Waals surface area contributed by atoms with E-state index in [4.69, 9.17) is 0 Å². The van der Waals surface area contributed by atoms with Crippen LogP contribution in [0.4, 0.5) is 0 Å². The van der Waals surface area contributed by atoms with Crippen molar-refractivity contribution in [3.05, 3.63) is 60.8 Å². The van der Waals surface area contributed by atoms with E-state index in [1.54, 1.807) is 12.2 Å². The first-order valence-electron chi connectivity index (χ1n) is 8.25. The molecule has 4 nitrogen and oxygen atoms in total. The van der Waals surface area contributed by atoms with Crippen molar-refractivity contribution in [2.45, 2.75) is 51.4 Å². The fraction of sp³-hybridized carbons (Fsp3) is 0.400. The second kappa shape index (κ2) is 14.2. The molecule has 132 valence electrons. The molecule has 0 radical (unpaired) electrons. The van der Waals surface area contributed by atoms with Gasteiger partial charge in [-0.1, -0.05) is 36.5 Å². The van der Waals surface area contributed by atoms with Gasteiger partial charge in [-0.3, -0.25) is 0 Å². The van der Waals surface area contributed by atoms with E-state index in [0.29, 0.717) is 0 Å². The summed E-state index contributed by atoms with van der Waals surface area (Å²) >= 11 is 0. The predicted octanol–water partition coefficient (Wildman–Crippen LogP) is 5.06. The first kappa shape index (κ1) is 21.6. The quantitative estimate of drug-likeness (QED) is 0.265. The van der Waals surface area contributed by atoms with Gasteiger partial charge in [-0.25, -0.2) is 9.59 Å². The van der Waals surface area contributed by atoms with Gasteiger partial charge in [0.25, 0.3) is 0 Å². The van der Waals surface area contributed by atoms with Crippen LogP contribution in [0.25, 0.3) is 0 Å². The van der Waals surface area contributed by atoms with Crippen molar-refractivity contribution in [2.75, 3.05) is 0 Å². The monoisotopic (exact) mass is 332 g/mol. The fourth-order valence-electron chi connectivity index (χ4n) is 2.08. The van der Waals surface area contributed by atoms with Gasteiger partial charge in [0.1, 0.15) is 0 Å². The van der Waals surface area contributed by atoms with Crippen molar-refractivity contribution in [1.82, 2.24) is 0 Å². The van der Waals surface area contributed by atoms with Crippen LogP contribution in [0.15, 0.2) is 60.8 Å². The first-order valence-corrected chi connectivity index (χ1v) is 8.25. The normalized spacial score (nSPS) is 12.3. The molecule has 0 spiro atoms. The summed E-state index contributed by atoms with van der Waals surface area (Å²) in [4.78, 5) is 22.8. The Morgan fingerprint density at radius 3 is 1.33 bits per heavy atom. The van der Waals surface area contributed by atoms with Crippen molar-refractivity contribution >= 4 is 11.9 Å². The Balaban J connectivity index is 4.82. The van der Waals surface area contributed by atoms with Crippen molar-refractivity contribution in [3.63, 3.8) is 0 Å². The average molecular weight is 332 g/mol. The maximum Gasteiger partial charge on any atom is 0.332 e. The van der Waals surface area contributed by atoms with Crippen LogP contribution in [-0.4, -0.2) is 22.2 Å². The van der Waals surface area contributed by atoms with Crippen LogP contribution >= 0.6 is 0 Å². The molecule has 0 saturated heterocycles. The number of carboxylic acids is 2. The molecule has 0 aliphatic rings. The molecule has 0 unspecified atom stereocenters. The largest absolute Gasteiger partial charge is 0.478 e. The second-order valence-corrected chi connectivity index (χ2v) is 5.36. The zero-order chi connectivity index (χ0) is 18.2. The lowest BCUT2D eigenvalue weighted by Gasteiger charge is -2.05. The summed E-state index contributed by atoms with van der Waals surface area (Å²) in [5.41, 5.74) is -0.114. The average Bonchev–Trinajstić information content (AvgIpc) is 2.54. The Hall–Kier alpha value is -2.36. The lowest BCUT2D eigenvalue weighted by molar-refractivity contribution is -0.136. The summed E-state index contributed by atoms with van der Waals surface area (Å²) in [6.45, 7) is 7.28. The Morgan fingerprint density at radius 1 is 0.667 bits per heavy atom. The molecule has 0 aliphatic carbocycles. The molecule has 0 heterocycles. The Kier molecular flexibility index (Phi) is 12.8. The number of allylic oxidation sites excluding steroid dienone is 6. The van der Waals surface area contributed by atoms with Gasteiger partial charge in [0.15, 0.2) is 0 Å². The molecular formula is C20H28O4. The molecule has 0 aliphatic heterocycles. The molecule has 0 aromatic carbocycles. The van der Waals surface area contributed by atoms with Crippen molar-refractivity contribution in [1.29, 1.82) is 0 Å². The summed E-state index contributed by atoms with van der Waals surface area (Å²) in [6, 6.07) is 0. The summed E-state index contributed by atoms with van der Waals surface area (Å²) in [6.07, 6.45) is 16.5. The molecule has 0 atom stereocenters. The Labute approximate surface area is 144 Å². The lowest BCUT2D eigenvalue weighted by Crippen LogP contribution is -2.10. The van der Waals surface area contributed by atoms with E-state index < -0.39 is 11.9 Å². The van der Waals surface area contributed by atoms with Gasteiger partial charge >= 0.3 is 11.9 Å². The summed E-state index contributed by atoms with van der Waals surface area (Å²) in [5.74, 6) is -2.36. The maximum absolute atomic E-state index is 11.4. The highest BCUT2D eigenvalue weighted by Gasteiger charge is 2.17. The van der Waals surface area contributed by atoms with Crippen LogP contribution in [0.2, 0.25) is 0 Å². The Bertz CT molecular complexity index is 464. The minimum absolute atomic E-state index is 0.0572. The van der Waals surface area contributed by atoms with Gasteiger partial charge < -0.3 is 10.2 Å². The third kappa shape index (κ3) is 10.4. The number of carboxylic acid groups (broad SMARTS) is 2. The zero-order valence-corrected chi connectivity index (χ0v) is 14.2. The molecule has 0 rings (SSSR count). The van der Waals surface area contributed by atoms with Crippen molar-refractivity contribution < 1.29 is 19.8 Å². The molecule has 0 saturated carbocycles. The number of rotatable bonds is 14. The number of carbonyl (C=O) groups is 2. The van der Waals surface area contributed by atoms with Crippen LogP contribution < -0.4 is 0 Å². The van der Waals surface area contributed by atoms with E-state index >= 15 is 0 Å². The molecule has 0 aromatic heterocycles. The van der Waals surface area contributed by atoms with Crippen LogP contribution in [0.5, 0.6) is 0 Å². The van der Waals surface area contributed by atoms with E-state index in [9.17, 15) is 19.8 Å². The summed E-state index contributed by atoms with van der Waals surface area (Å²) < 4.78 is 0. The van der Waals surface area contributed by atoms with Gasteiger partial charge in [-0.05, 0) is 51.4 Å². The molecule has 0 aromatic rings. The highest BCUT2D eigenvalue weighted by Crippen LogP contribution is 2.16. The van der Waals surface area contributed by atoms with E-state index in [1.807, 2.05) is 24.3 Å². The second-order valence-electron chi connectivity index (χ2n) is 5.36. The van der Waals surface area contributed by atoms with Gasteiger partial charge in [-0.2, -0.15) is 0 Å².